The van der Waals surface area contributed by atoms with Crippen LogP contribution in [0.3, 0.4) is 0 Å². The monoisotopic (exact) mass is 262 g/mol. The second kappa shape index (κ2) is 3.77. The molecule has 0 aliphatic heterocycles. The van der Waals surface area contributed by atoms with Gasteiger partial charge in [-0.15, -0.1) is 5.10 Å². The summed E-state index contributed by atoms with van der Waals surface area (Å²) in [4.78, 5) is 11.3. The van der Waals surface area contributed by atoms with Crippen LogP contribution in [0, 0.1) is 17.3 Å². The van der Waals surface area contributed by atoms with Gasteiger partial charge >= 0.3 is 5.97 Å². The molecule has 102 valence electrons. The van der Waals surface area contributed by atoms with E-state index in [1.54, 1.807) is 4.68 Å². The Bertz CT molecular complexity index is 522. The van der Waals surface area contributed by atoms with Gasteiger partial charge in [-0.2, -0.15) is 0 Å². The number of fused-ring (bicyclic) bond motifs is 2. The maximum Gasteiger partial charge on any atom is 0.311 e. The first kappa shape index (κ1) is 11.4. The molecule has 0 aromatic carbocycles. The third kappa shape index (κ3) is 1.69. The van der Waals surface area contributed by atoms with E-state index in [0.717, 1.165) is 30.5 Å². The molecular formula is C13H18N4O2. The molecule has 2 bridgehead atoms. The third-order valence-electron chi connectivity index (χ3n) is 5.39. The summed E-state index contributed by atoms with van der Waals surface area (Å²) in [7, 11) is 0. The fourth-order valence-corrected chi connectivity index (χ4v) is 4.03. The lowest BCUT2D eigenvalue weighted by Crippen LogP contribution is -2.25. The number of aromatic nitrogens is 4. The summed E-state index contributed by atoms with van der Waals surface area (Å²) in [5, 5.41) is 21.3. The minimum Gasteiger partial charge on any atom is -0.481 e. The molecule has 1 N–H and O–H groups in total. The van der Waals surface area contributed by atoms with Gasteiger partial charge in [0.2, 0.25) is 0 Å². The van der Waals surface area contributed by atoms with Gasteiger partial charge in [0, 0.05) is 5.92 Å². The highest BCUT2D eigenvalue weighted by Gasteiger charge is 2.52. The second-order valence-electron chi connectivity index (χ2n) is 6.56. The highest BCUT2D eigenvalue weighted by molar-refractivity contribution is 5.77. The maximum atomic E-state index is 11.3. The van der Waals surface area contributed by atoms with E-state index < -0.39 is 11.4 Å². The van der Waals surface area contributed by atoms with Crippen LogP contribution in [-0.2, 0) is 11.3 Å². The molecular weight excluding hydrogens is 244 g/mol. The number of rotatable bonds is 4. The molecule has 0 radical (unpaired) electrons. The zero-order chi connectivity index (χ0) is 13.0. The van der Waals surface area contributed by atoms with Crippen LogP contribution in [0.25, 0.3) is 0 Å². The van der Waals surface area contributed by atoms with Crippen molar-refractivity contribution >= 4 is 5.97 Å². The highest BCUT2D eigenvalue weighted by atomic mass is 16.4. The van der Waals surface area contributed by atoms with E-state index >= 15 is 0 Å². The van der Waals surface area contributed by atoms with Crippen LogP contribution in [0.2, 0.25) is 0 Å². The lowest BCUT2D eigenvalue weighted by Gasteiger charge is -2.21. The molecule has 6 heteroatoms. The third-order valence-corrected chi connectivity index (χ3v) is 5.39. The molecule has 0 saturated heterocycles. The molecule has 1 heterocycles. The van der Waals surface area contributed by atoms with Crippen LogP contribution >= 0.6 is 0 Å². The van der Waals surface area contributed by atoms with E-state index in [2.05, 4.69) is 15.5 Å². The molecule has 3 fully saturated rings. The molecule has 3 aliphatic rings. The van der Waals surface area contributed by atoms with Crippen LogP contribution in [0.15, 0.2) is 0 Å². The van der Waals surface area contributed by atoms with Crippen molar-refractivity contribution in [1.29, 1.82) is 0 Å². The molecule has 6 nitrogen and oxygen atoms in total. The lowest BCUT2D eigenvalue weighted by molar-refractivity contribution is -0.144. The summed E-state index contributed by atoms with van der Waals surface area (Å²) in [5.41, 5.74) is -0.595. The standard InChI is InChI=1S/C13H18N4O2/c18-12(19)13(3-4-13)7-17-11(14-15-16-17)10-6-8-1-2-9(10)5-8/h8-10H,1-7H2,(H,18,19). The van der Waals surface area contributed by atoms with Crippen molar-refractivity contribution in [2.24, 2.45) is 17.3 Å². The maximum absolute atomic E-state index is 11.3. The molecule has 3 aliphatic carbocycles. The predicted octanol–water partition coefficient (Wildman–Crippen LogP) is 1.44. The van der Waals surface area contributed by atoms with E-state index in [1.165, 1.54) is 25.7 Å². The number of nitrogens with zero attached hydrogens (tertiary/aromatic N) is 4. The van der Waals surface area contributed by atoms with Gasteiger partial charge in [-0.05, 0) is 54.4 Å². The van der Waals surface area contributed by atoms with E-state index in [0.29, 0.717) is 12.5 Å². The smallest absolute Gasteiger partial charge is 0.311 e. The average Bonchev–Trinajstić information content (AvgIpc) is 2.79. The normalized spacial score (nSPS) is 34.6. The van der Waals surface area contributed by atoms with Crippen LogP contribution < -0.4 is 0 Å². The molecule has 3 atom stereocenters. The van der Waals surface area contributed by atoms with E-state index in [4.69, 9.17) is 0 Å². The van der Waals surface area contributed by atoms with Crippen LogP contribution in [-0.4, -0.2) is 31.3 Å². The minimum absolute atomic E-state index is 0.443. The van der Waals surface area contributed by atoms with Crippen LogP contribution in [0.4, 0.5) is 0 Å². The first-order chi connectivity index (χ1) is 9.18. The van der Waals surface area contributed by atoms with Crippen LogP contribution in [0.5, 0.6) is 0 Å². The molecule has 19 heavy (non-hydrogen) atoms. The van der Waals surface area contributed by atoms with Crippen molar-refractivity contribution < 1.29 is 9.90 Å². The molecule has 3 unspecified atom stereocenters. The number of carbonyl (C=O) groups is 1. The van der Waals surface area contributed by atoms with E-state index in [9.17, 15) is 9.90 Å². The van der Waals surface area contributed by atoms with Gasteiger partial charge in [0.15, 0.2) is 5.82 Å². The lowest BCUT2D eigenvalue weighted by atomic mass is 9.88. The van der Waals surface area contributed by atoms with Crippen molar-refractivity contribution in [1.82, 2.24) is 20.2 Å². The first-order valence-corrected chi connectivity index (χ1v) is 7.17. The Morgan fingerprint density at radius 1 is 1.37 bits per heavy atom. The van der Waals surface area contributed by atoms with Crippen molar-refractivity contribution in [2.45, 2.75) is 51.0 Å². The molecule has 3 saturated carbocycles. The van der Waals surface area contributed by atoms with Gasteiger partial charge in [-0.1, -0.05) is 6.42 Å². The van der Waals surface area contributed by atoms with Crippen molar-refractivity contribution in [3.05, 3.63) is 5.82 Å². The summed E-state index contributed by atoms with van der Waals surface area (Å²) < 4.78 is 1.77. The Hall–Kier alpha value is -1.46. The number of hydrogen-bond acceptors (Lipinski definition) is 4. The Balaban J connectivity index is 1.58. The Labute approximate surface area is 111 Å². The van der Waals surface area contributed by atoms with Gasteiger partial charge < -0.3 is 5.11 Å². The van der Waals surface area contributed by atoms with Crippen molar-refractivity contribution in [3.63, 3.8) is 0 Å². The van der Waals surface area contributed by atoms with Crippen molar-refractivity contribution in [3.8, 4) is 0 Å². The van der Waals surface area contributed by atoms with Gasteiger partial charge in [0.05, 0.1) is 12.0 Å². The fourth-order valence-electron chi connectivity index (χ4n) is 4.03. The SMILES string of the molecule is O=C(O)C1(Cn2nnnc2C2CC3CCC2C3)CC1. The zero-order valence-corrected chi connectivity index (χ0v) is 10.8. The molecule has 1 aromatic heterocycles. The fraction of sp³-hybridized carbons (Fsp3) is 0.846. The number of carboxylic acid groups (broad SMARTS) is 1. The van der Waals surface area contributed by atoms with Gasteiger partial charge in [0.25, 0.3) is 0 Å². The molecule has 0 amide bonds. The predicted molar refractivity (Wildman–Crippen MR) is 65.3 cm³/mol. The largest absolute Gasteiger partial charge is 0.481 e. The molecule has 1 aromatic rings. The van der Waals surface area contributed by atoms with E-state index in [-0.39, 0.29) is 0 Å². The number of carboxylic acids is 1. The highest BCUT2D eigenvalue weighted by Crippen LogP contribution is 2.53. The summed E-state index contributed by atoms with van der Waals surface area (Å²) in [6, 6.07) is 0. The van der Waals surface area contributed by atoms with Crippen molar-refractivity contribution in [2.75, 3.05) is 0 Å². The van der Waals surface area contributed by atoms with E-state index in [1.807, 2.05) is 0 Å². The number of aliphatic carboxylic acids is 1. The second-order valence-corrected chi connectivity index (χ2v) is 6.56. The topological polar surface area (TPSA) is 80.9 Å². The van der Waals surface area contributed by atoms with Gasteiger partial charge in [0.1, 0.15) is 0 Å². The van der Waals surface area contributed by atoms with Gasteiger partial charge in [-0.3, -0.25) is 4.79 Å². The molecule has 4 rings (SSSR count). The zero-order valence-electron chi connectivity index (χ0n) is 10.8. The quantitative estimate of drug-likeness (QED) is 0.888. The minimum atomic E-state index is -0.707. The number of tetrazole rings is 1. The molecule has 0 spiro atoms. The Morgan fingerprint density at radius 3 is 2.79 bits per heavy atom. The Morgan fingerprint density at radius 2 is 2.21 bits per heavy atom. The van der Waals surface area contributed by atoms with Gasteiger partial charge in [-0.25, -0.2) is 4.68 Å². The summed E-state index contributed by atoms with van der Waals surface area (Å²) in [6.07, 6.45) is 6.62. The average molecular weight is 262 g/mol. The Kier molecular flexibility index (Phi) is 2.26. The van der Waals surface area contributed by atoms with Crippen LogP contribution in [0.1, 0.15) is 50.3 Å². The number of hydrogen-bond donors (Lipinski definition) is 1. The first-order valence-electron chi connectivity index (χ1n) is 7.17. The summed E-state index contributed by atoms with van der Waals surface area (Å²) in [5.74, 6) is 2.24. The summed E-state index contributed by atoms with van der Waals surface area (Å²) >= 11 is 0. The summed E-state index contributed by atoms with van der Waals surface area (Å²) in [6.45, 7) is 0.443.